The second-order valence-corrected chi connectivity index (χ2v) is 9.66. The summed E-state index contributed by atoms with van der Waals surface area (Å²) in [6.45, 7) is 0.149. The van der Waals surface area contributed by atoms with E-state index in [9.17, 15) is 22.4 Å². The fourth-order valence-electron chi connectivity index (χ4n) is 3.54. The lowest BCUT2D eigenvalue weighted by atomic mass is 10.1. The average molecular weight is 499 g/mol. The van der Waals surface area contributed by atoms with E-state index in [1.165, 1.54) is 4.31 Å². The number of esters is 1. The number of nitrogens with zero attached hydrogens (tertiary/aromatic N) is 1. The van der Waals surface area contributed by atoms with Gasteiger partial charge in [-0.2, -0.15) is 4.31 Å². The molecule has 0 atom stereocenters. The van der Waals surface area contributed by atoms with Crippen molar-refractivity contribution in [2.24, 2.45) is 0 Å². The molecular weight excluding hydrogens is 475 g/mol. The van der Waals surface area contributed by atoms with Crippen LogP contribution in [-0.4, -0.2) is 57.5 Å². The molecular formula is C25H23FN2O6S. The van der Waals surface area contributed by atoms with E-state index in [-0.39, 0.29) is 31.2 Å². The summed E-state index contributed by atoms with van der Waals surface area (Å²) in [7, 11) is -3.93. The molecule has 1 amide bonds. The summed E-state index contributed by atoms with van der Waals surface area (Å²) in [5.41, 5.74) is 1.92. The second kappa shape index (κ2) is 10.8. The van der Waals surface area contributed by atoms with Crippen molar-refractivity contribution < 1.29 is 31.9 Å². The largest absolute Gasteiger partial charge is 0.452 e. The first-order chi connectivity index (χ1) is 16.8. The summed E-state index contributed by atoms with van der Waals surface area (Å²) < 4.78 is 51.1. The minimum Gasteiger partial charge on any atom is -0.452 e. The molecule has 0 aliphatic carbocycles. The van der Waals surface area contributed by atoms with E-state index in [0.717, 1.165) is 29.3 Å². The van der Waals surface area contributed by atoms with Crippen LogP contribution in [0.3, 0.4) is 0 Å². The summed E-state index contributed by atoms with van der Waals surface area (Å²) >= 11 is 0. The maximum absolute atomic E-state index is 14.3. The van der Waals surface area contributed by atoms with Crippen molar-refractivity contribution in [2.45, 2.75) is 4.90 Å². The zero-order valence-electron chi connectivity index (χ0n) is 18.6. The Labute approximate surface area is 202 Å². The molecule has 8 nitrogen and oxygen atoms in total. The maximum Gasteiger partial charge on any atom is 0.341 e. The highest BCUT2D eigenvalue weighted by Crippen LogP contribution is 2.22. The van der Waals surface area contributed by atoms with Crippen molar-refractivity contribution in [3.05, 3.63) is 84.2 Å². The van der Waals surface area contributed by atoms with E-state index in [0.29, 0.717) is 5.69 Å². The van der Waals surface area contributed by atoms with Crippen molar-refractivity contribution in [3.8, 4) is 11.1 Å². The number of rotatable bonds is 7. The molecule has 10 heteroatoms. The number of benzene rings is 3. The molecule has 0 spiro atoms. The van der Waals surface area contributed by atoms with Crippen LogP contribution in [-0.2, 0) is 24.3 Å². The predicted octanol–water partition coefficient (Wildman–Crippen LogP) is 3.31. The zero-order chi connectivity index (χ0) is 24.8. The van der Waals surface area contributed by atoms with E-state index in [1.807, 2.05) is 42.5 Å². The van der Waals surface area contributed by atoms with Gasteiger partial charge in [-0.05, 0) is 41.5 Å². The van der Waals surface area contributed by atoms with E-state index >= 15 is 0 Å². The van der Waals surface area contributed by atoms with Gasteiger partial charge in [-0.15, -0.1) is 0 Å². The lowest BCUT2D eigenvalue weighted by Crippen LogP contribution is -2.40. The van der Waals surface area contributed by atoms with E-state index < -0.39 is 39.9 Å². The Morgan fingerprint density at radius 3 is 2.29 bits per heavy atom. The van der Waals surface area contributed by atoms with Gasteiger partial charge in [0, 0.05) is 18.8 Å². The molecule has 35 heavy (non-hydrogen) atoms. The number of amides is 1. The number of carbonyl (C=O) groups excluding carboxylic acids is 2. The van der Waals surface area contributed by atoms with Crippen LogP contribution in [0.1, 0.15) is 10.4 Å². The normalized spacial score (nSPS) is 14.3. The molecule has 0 radical (unpaired) electrons. The Hall–Kier alpha value is -3.60. The highest BCUT2D eigenvalue weighted by atomic mass is 32.2. The molecule has 0 bridgehead atoms. The summed E-state index contributed by atoms with van der Waals surface area (Å²) in [6.07, 6.45) is 0. The number of halogens is 1. The molecule has 1 aliphatic heterocycles. The van der Waals surface area contributed by atoms with Gasteiger partial charge in [-0.3, -0.25) is 4.79 Å². The number of hydrogen-bond donors (Lipinski definition) is 1. The van der Waals surface area contributed by atoms with Crippen LogP contribution in [0.4, 0.5) is 10.1 Å². The minimum atomic E-state index is -3.93. The van der Waals surface area contributed by atoms with Gasteiger partial charge in [0.1, 0.15) is 5.82 Å². The van der Waals surface area contributed by atoms with Crippen LogP contribution in [0.15, 0.2) is 77.7 Å². The second-order valence-electron chi connectivity index (χ2n) is 7.73. The molecule has 0 aromatic heterocycles. The fraction of sp³-hybridized carbons (Fsp3) is 0.200. The first kappa shape index (κ1) is 24.5. The van der Waals surface area contributed by atoms with Gasteiger partial charge in [0.2, 0.25) is 10.0 Å². The Morgan fingerprint density at radius 1 is 0.943 bits per heavy atom. The first-order valence-electron chi connectivity index (χ1n) is 10.8. The van der Waals surface area contributed by atoms with Crippen molar-refractivity contribution in [1.82, 2.24) is 4.31 Å². The molecule has 0 unspecified atom stereocenters. The first-order valence-corrected chi connectivity index (χ1v) is 12.3. The topological polar surface area (TPSA) is 102 Å². The molecule has 3 aromatic rings. The number of anilines is 1. The van der Waals surface area contributed by atoms with E-state index in [4.69, 9.17) is 9.47 Å². The average Bonchev–Trinajstić information content (AvgIpc) is 2.89. The van der Waals surface area contributed by atoms with Gasteiger partial charge >= 0.3 is 5.97 Å². The number of hydrogen-bond acceptors (Lipinski definition) is 6. The molecule has 182 valence electrons. The Bertz CT molecular complexity index is 1310. The van der Waals surface area contributed by atoms with Crippen LogP contribution in [0.25, 0.3) is 11.1 Å². The zero-order valence-corrected chi connectivity index (χ0v) is 19.5. The van der Waals surface area contributed by atoms with E-state index in [1.54, 1.807) is 12.1 Å². The van der Waals surface area contributed by atoms with E-state index in [2.05, 4.69) is 5.32 Å². The van der Waals surface area contributed by atoms with Gasteiger partial charge in [0.15, 0.2) is 6.61 Å². The van der Waals surface area contributed by atoms with Gasteiger partial charge in [-0.25, -0.2) is 17.6 Å². The van der Waals surface area contributed by atoms with Crippen LogP contribution in [0, 0.1) is 5.82 Å². The van der Waals surface area contributed by atoms with Crippen LogP contribution in [0.5, 0.6) is 0 Å². The lowest BCUT2D eigenvalue weighted by molar-refractivity contribution is -0.119. The number of carbonyl (C=O) groups is 2. The molecule has 3 aromatic carbocycles. The van der Waals surface area contributed by atoms with Gasteiger partial charge in [0.25, 0.3) is 5.91 Å². The maximum atomic E-state index is 14.3. The lowest BCUT2D eigenvalue weighted by Gasteiger charge is -2.26. The molecule has 1 aliphatic rings. The van der Waals surface area contributed by atoms with Gasteiger partial charge < -0.3 is 14.8 Å². The third-order valence-corrected chi connectivity index (χ3v) is 7.27. The van der Waals surface area contributed by atoms with Gasteiger partial charge in [0.05, 0.1) is 23.7 Å². The Balaban J connectivity index is 1.37. The standard InChI is InChI=1S/C25H23FN2O6S/c26-23-11-10-21(35(31,32)28-12-14-33-15-13-28)16-22(23)25(30)34-17-24(29)27-20-8-6-19(7-9-20)18-4-2-1-3-5-18/h1-11,16H,12-15,17H2,(H,27,29). The monoisotopic (exact) mass is 498 g/mol. The number of morpholine rings is 1. The molecule has 0 saturated carbocycles. The highest BCUT2D eigenvalue weighted by molar-refractivity contribution is 7.89. The SMILES string of the molecule is O=C(COC(=O)c1cc(S(=O)(=O)N2CCOCC2)ccc1F)Nc1ccc(-c2ccccc2)cc1. The van der Waals surface area contributed by atoms with Crippen LogP contribution in [0.2, 0.25) is 0 Å². The Kier molecular flexibility index (Phi) is 7.54. The molecule has 1 heterocycles. The molecule has 4 rings (SSSR count). The number of sulfonamides is 1. The van der Waals surface area contributed by atoms with Gasteiger partial charge in [-0.1, -0.05) is 42.5 Å². The number of ether oxygens (including phenoxy) is 2. The third-order valence-electron chi connectivity index (χ3n) is 5.38. The van der Waals surface area contributed by atoms with Crippen LogP contribution >= 0.6 is 0 Å². The predicted molar refractivity (Wildman–Crippen MR) is 127 cm³/mol. The summed E-state index contributed by atoms with van der Waals surface area (Å²) in [4.78, 5) is 24.4. The molecule has 1 N–H and O–H groups in total. The third kappa shape index (κ3) is 5.91. The number of nitrogens with one attached hydrogen (secondary N) is 1. The Morgan fingerprint density at radius 2 is 1.60 bits per heavy atom. The highest BCUT2D eigenvalue weighted by Gasteiger charge is 2.28. The van der Waals surface area contributed by atoms with Crippen LogP contribution < -0.4 is 5.32 Å². The summed E-state index contributed by atoms with van der Waals surface area (Å²) in [5.74, 6) is -2.72. The smallest absolute Gasteiger partial charge is 0.341 e. The minimum absolute atomic E-state index is 0.159. The van der Waals surface area contributed by atoms with Crippen molar-refractivity contribution in [2.75, 3.05) is 38.2 Å². The fourth-order valence-corrected chi connectivity index (χ4v) is 4.97. The van der Waals surface area contributed by atoms with Crippen molar-refractivity contribution >= 4 is 27.6 Å². The quantitative estimate of drug-likeness (QED) is 0.502. The molecule has 1 fully saturated rings. The summed E-state index contributed by atoms with van der Waals surface area (Å²) in [6, 6.07) is 19.7. The van der Waals surface area contributed by atoms with Crippen molar-refractivity contribution in [1.29, 1.82) is 0 Å². The van der Waals surface area contributed by atoms with Crippen molar-refractivity contribution in [3.63, 3.8) is 0 Å². The summed E-state index contributed by atoms with van der Waals surface area (Å²) in [5, 5.41) is 2.60. The molecule has 1 saturated heterocycles.